The molecule has 0 radical (unpaired) electrons. The molecule has 0 saturated carbocycles. The number of aromatic nitrogens is 2. The molecule has 140 valence electrons. The van der Waals surface area contributed by atoms with Gasteiger partial charge >= 0.3 is 0 Å². The number of imidazole rings is 1. The van der Waals surface area contributed by atoms with E-state index in [0.29, 0.717) is 5.56 Å². The quantitative estimate of drug-likeness (QED) is 0.736. The molecule has 0 atom stereocenters. The first-order chi connectivity index (χ1) is 13.2. The van der Waals surface area contributed by atoms with E-state index in [1.54, 1.807) is 0 Å². The van der Waals surface area contributed by atoms with Crippen LogP contribution in [0.15, 0.2) is 48.5 Å². The Bertz CT molecular complexity index is 926. The van der Waals surface area contributed by atoms with Gasteiger partial charge in [0.05, 0.1) is 17.6 Å². The van der Waals surface area contributed by atoms with Crippen molar-refractivity contribution < 1.29 is 4.79 Å². The molecule has 0 unspecified atom stereocenters. The zero-order chi connectivity index (χ0) is 18.6. The molecule has 1 saturated heterocycles. The summed E-state index contributed by atoms with van der Waals surface area (Å²) < 4.78 is 2.28. The molecular formula is C22H26N4O. The molecule has 3 aromatic rings. The predicted octanol–water partition coefficient (Wildman–Crippen LogP) is 4.29. The summed E-state index contributed by atoms with van der Waals surface area (Å²) in [7, 11) is 0. The van der Waals surface area contributed by atoms with Gasteiger partial charge in [-0.25, -0.2) is 4.98 Å². The molecule has 1 aliphatic heterocycles. The third-order valence-corrected chi connectivity index (χ3v) is 5.25. The van der Waals surface area contributed by atoms with Gasteiger partial charge in [-0.2, -0.15) is 0 Å². The molecule has 1 amide bonds. The van der Waals surface area contributed by atoms with E-state index >= 15 is 0 Å². The molecule has 1 aliphatic rings. The molecule has 0 bridgehead atoms. The zero-order valence-electron chi connectivity index (χ0n) is 15.8. The number of nitrogens with zero attached hydrogens (tertiary/aromatic N) is 3. The maximum Gasteiger partial charge on any atom is 0.255 e. The standard InChI is InChI=1S/C22H26N4O/c1-2-26-20-12-11-18(23-22(27)17-9-5-3-6-10-17)15-19(20)24-21(26)16-25-13-7-4-8-14-25/h3,5-6,9-12,15H,2,4,7-8,13-14,16H2,1H3,(H,23,27). The maximum absolute atomic E-state index is 12.4. The zero-order valence-corrected chi connectivity index (χ0v) is 15.8. The fraction of sp³-hybridized carbons (Fsp3) is 0.364. The van der Waals surface area contributed by atoms with E-state index in [0.717, 1.165) is 48.7 Å². The first-order valence-electron chi connectivity index (χ1n) is 9.82. The highest BCUT2D eigenvalue weighted by Crippen LogP contribution is 2.23. The predicted molar refractivity (Wildman–Crippen MR) is 109 cm³/mol. The summed E-state index contributed by atoms with van der Waals surface area (Å²) in [5, 5.41) is 2.98. The summed E-state index contributed by atoms with van der Waals surface area (Å²) in [6, 6.07) is 15.3. The smallest absolute Gasteiger partial charge is 0.255 e. The number of piperidine rings is 1. The molecule has 1 fully saturated rings. The number of anilines is 1. The minimum absolute atomic E-state index is 0.0987. The van der Waals surface area contributed by atoms with Gasteiger partial charge in [-0.1, -0.05) is 24.6 Å². The van der Waals surface area contributed by atoms with E-state index in [2.05, 4.69) is 27.8 Å². The number of benzene rings is 2. The number of aryl methyl sites for hydroxylation is 1. The molecular weight excluding hydrogens is 336 g/mol. The van der Waals surface area contributed by atoms with Crippen LogP contribution in [0.1, 0.15) is 42.4 Å². The second-order valence-electron chi connectivity index (χ2n) is 7.13. The van der Waals surface area contributed by atoms with Gasteiger partial charge < -0.3 is 9.88 Å². The normalized spacial score (nSPS) is 15.1. The lowest BCUT2D eigenvalue weighted by atomic mass is 10.1. The van der Waals surface area contributed by atoms with Crippen LogP contribution in [0, 0.1) is 0 Å². The average Bonchev–Trinajstić information content (AvgIpc) is 3.05. The topological polar surface area (TPSA) is 50.2 Å². The van der Waals surface area contributed by atoms with E-state index in [1.807, 2.05) is 42.5 Å². The minimum Gasteiger partial charge on any atom is -0.327 e. The molecule has 1 aromatic heterocycles. The van der Waals surface area contributed by atoms with Crippen LogP contribution in [0.5, 0.6) is 0 Å². The van der Waals surface area contributed by atoms with Gasteiger partial charge in [0.2, 0.25) is 0 Å². The monoisotopic (exact) mass is 362 g/mol. The summed E-state index contributed by atoms with van der Waals surface area (Å²) in [5.74, 6) is 1.01. The summed E-state index contributed by atoms with van der Waals surface area (Å²) in [5.41, 5.74) is 3.50. The number of nitrogens with one attached hydrogen (secondary N) is 1. The average molecular weight is 362 g/mol. The van der Waals surface area contributed by atoms with Crippen molar-refractivity contribution in [1.29, 1.82) is 0 Å². The highest BCUT2D eigenvalue weighted by atomic mass is 16.1. The van der Waals surface area contributed by atoms with E-state index in [4.69, 9.17) is 4.98 Å². The lowest BCUT2D eigenvalue weighted by molar-refractivity contribution is 0.102. The van der Waals surface area contributed by atoms with Crippen molar-refractivity contribution in [2.75, 3.05) is 18.4 Å². The third-order valence-electron chi connectivity index (χ3n) is 5.25. The molecule has 2 aromatic carbocycles. The number of carbonyl (C=O) groups excluding carboxylic acids is 1. The first kappa shape index (κ1) is 17.7. The van der Waals surface area contributed by atoms with Gasteiger partial charge in [-0.05, 0) is 63.2 Å². The van der Waals surface area contributed by atoms with Gasteiger partial charge in [0, 0.05) is 17.8 Å². The largest absolute Gasteiger partial charge is 0.327 e. The van der Waals surface area contributed by atoms with E-state index in [1.165, 1.54) is 19.3 Å². The van der Waals surface area contributed by atoms with Crippen LogP contribution in [0.2, 0.25) is 0 Å². The second kappa shape index (κ2) is 7.92. The Morgan fingerprint density at radius 1 is 1.07 bits per heavy atom. The Kier molecular flexibility index (Phi) is 5.21. The summed E-state index contributed by atoms with van der Waals surface area (Å²) >= 11 is 0. The molecule has 0 aliphatic carbocycles. The first-order valence-corrected chi connectivity index (χ1v) is 9.82. The van der Waals surface area contributed by atoms with Gasteiger partial charge in [0.25, 0.3) is 5.91 Å². The van der Waals surface area contributed by atoms with Crippen molar-refractivity contribution in [3.05, 3.63) is 59.9 Å². The van der Waals surface area contributed by atoms with Gasteiger partial charge in [-0.3, -0.25) is 9.69 Å². The lowest BCUT2D eigenvalue weighted by Crippen LogP contribution is -2.30. The highest BCUT2D eigenvalue weighted by Gasteiger charge is 2.16. The second-order valence-corrected chi connectivity index (χ2v) is 7.13. The fourth-order valence-electron chi connectivity index (χ4n) is 3.84. The highest BCUT2D eigenvalue weighted by molar-refractivity contribution is 6.04. The summed E-state index contributed by atoms with van der Waals surface area (Å²) in [6.45, 7) is 6.27. The molecule has 2 heterocycles. The molecule has 5 heteroatoms. The molecule has 27 heavy (non-hydrogen) atoms. The Balaban J connectivity index is 1.57. The Labute approximate surface area is 160 Å². The van der Waals surface area contributed by atoms with Crippen molar-refractivity contribution in [2.45, 2.75) is 39.3 Å². The number of carbonyl (C=O) groups is 1. The van der Waals surface area contributed by atoms with Crippen LogP contribution in [0.25, 0.3) is 11.0 Å². The minimum atomic E-state index is -0.0987. The number of hydrogen-bond acceptors (Lipinski definition) is 3. The van der Waals surface area contributed by atoms with Gasteiger partial charge in [0.1, 0.15) is 5.82 Å². The number of hydrogen-bond donors (Lipinski definition) is 1. The van der Waals surface area contributed by atoms with E-state index in [-0.39, 0.29) is 5.91 Å². The van der Waals surface area contributed by atoms with Crippen LogP contribution >= 0.6 is 0 Å². The summed E-state index contributed by atoms with van der Waals surface area (Å²) in [4.78, 5) is 19.8. The van der Waals surface area contributed by atoms with Crippen molar-refractivity contribution in [1.82, 2.24) is 14.5 Å². The molecule has 5 nitrogen and oxygen atoms in total. The van der Waals surface area contributed by atoms with E-state index < -0.39 is 0 Å². The van der Waals surface area contributed by atoms with E-state index in [9.17, 15) is 4.79 Å². The van der Waals surface area contributed by atoms with Crippen molar-refractivity contribution in [3.63, 3.8) is 0 Å². The lowest BCUT2D eigenvalue weighted by Gasteiger charge is -2.26. The summed E-state index contributed by atoms with van der Waals surface area (Å²) in [6.07, 6.45) is 3.90. The number of likely N-dealkylation sites (tertiary alicyclic amines) is 1. The van der Waals surface area contributed by atoms with Crippen molar-refractivity contribution in [3.8, 4) is 0 Å². The Morgan fingerprint density at radius 3 is 2.59 bits per heavy atom. The van der Waals surface area contributed by atoms with Crippen LogP contribution in [0.4, 0.5) is 5.69 Å². The molecule has 0 spiro atoms. The molecule has 1 N–H and O–H groups in total. The van der Waals surface area contributed by atoms with Crippen LogP contribution in [-0.2, 0) is 13.1 Å². The third kappa shape index (κ3) is 3.88. The Hall–Kier alpha value is -2.66. The Morgan fingerprint density at radius 2 is 1.85 bits per heavy atom. The number of amides is 1. The molecule has 4 rings (SSSR count). The van der Waals surface area contributed by atoms with Crippen LogP contribution in [0.3, 0.4) is 0 Å². The number of fused-ring (bicyclic) bond motifs is 1. The van der Waals surface area contributed by atoms with Crippen LogP contribution in [-0.4, -0.2) is 33.4 Å². The fourth-order valence-corrected chi connectivity index (χ4v) is 3.84. The number of rotatable bonds is 5. The van der Waals surface area contributed by atoms with Gasteiger partial charge in [-0.15, -0.1) is 0 Å². The maximum atomic E-state index is 12.4. The van der Waals surface area contributed by atoms with Crippen LogP contribution < -0.4 is 5.32 Å². The van der Waals surface area contributed by atoms with Crippen molar-refractivity contribution in [2.24, 2.45) is 0 Å². The van der Waals surface area contributed by atoms with Gasteiger partial charge in [0.15, 0.2) is 0 Å². The van der Waals surface area contributed by atoms with Crippen molar-refractivity contribution >= 4 is 22.6 Å². The SMILES string of the molecule is CCn1c(CN2CCCCC2)nc2cc(NC(=O)c3ccccc3)ccc21.